The van der Waals surface area contributed by atoms with E-state index in [4.69, 9.17) is 52.1 Å². The molecule has 0 aliphatic carbocycles. The quantitative estimate of drug-likeness (QED) is 0.0791. The number of unbranched alkanes of at least 4 members (excludes halogenated alkanes) is 3. The van der Waals surface area contributed by atoms with E-state index in [0.29, 0.717) is 139 Å². The number of carbonyl (C=O) groups excluding carboxylic acids is 1. The molecule has 0 bridgehead atoms. The molecule has 0 saturated heterocycles. The third kappa shape index (κ3) is 39.0. The van der Waals surface area contributed by atoms with Crippen LogP contribution in [0.1, 0.15) is 39.0 Å². The highest BCUT2D eigenvalue weighted by atomic mass is 16.6. The number of likely N-dealkylation sites (N-methyl/N-ethyl adjacent to an activating group) is 1. The average Bonchev–Trinajstić information content (AvgIpc) is 3.01. The predicted octanol–water partition coefficient (Wildman–Crippen LogP) is 1.89. The van der Waals surface area contributed by atoms with E-state index in [-0.39, 0.29) is 12.6 Å². The molecule has 13 nitrogen and oxygen atoms in total. The summed E-state index contributed by atoms with van der Waals surface area (Å²) in [4.78, 5) is 11.5. The van der Waals surface area contributed by atoms with Crippen LogP contribution >= 0.6 is 0 Å². The normalized spacial score (nSPS) is 11.4. The molecule has 0 aromatic carbocycles. The Hall–Kier alpha value is -0.970. The topological polar surface area (TPSA) is 131 Å². The number of nitrogens with one attached hydrogen (secondary N) is 1. The van der Waals surface area contributed by atoms with Gasteiger partial charge in [0.25, 0.3) is 0 Å². The lowest BCUT2D eigenvalue weighted by Crippen LogP contribution is -2.17. The second-order valence-electron chi connectivity index (χ2n) is 9.26. The smallest absolute Gasteiger partial charge is 0.305 e. The highest BCUT2D eigenvalue weighted by Gasteiger charge is 2.02. The number of esters is 1. The lowest BCUT2D eigenvalue weighted by atomic mass is 10.2. The number of carbonyl (C=O) groups is 1. The fraction of sp³-hybridized carbons (Fsp3) is 0.967. The van der Waals surface area contributed by atoms with Gasteiger partial charge < -0.3 is 57.4 Å². The van der Waals surface area contributed by atoms with Gasteiger partial charge in [0, 0.05) is 13.0 Å². The molecule has 0 aromatic heterocycles. The molecule has 0 saturated carbocycles. The minimum absolute atomic E-state index is 0.151. The summed E-state index contributed by atoms with van der Waals surface area (Å²) in [6.45, 7) is 13.6. The lowest BCUT2D eigenvalue weighted by Gasteiger charge is -2.09. The molecule has 0 amide bonds. The van der Waals surface area contributed by atoms with Crippen LogP contribution in [0.5, 0.6) is 0 Å². The zero-order valence-corrected chi connectivity index (χ0v) is 27.0. The molecule has 0 atom stereocenters. The van der Waals surface area contributed by atoms with E-state index in [1.165, 1.54) is 0 Å². The number of hydrogen-bond donors (Lipinski definition) is 1. The Morgan fingerprint density at radius 1 is 0.419 bits per heavy atom. The third-order valence-electron chi connectivity index (χ3n) is 5.57. The maximum atomic E-state index is 11.5. The molecule has 0 rings (SSSR count). The fourth-order valence-electron chi connectivity index (χ4n) is 3.24. The summed E-state index contributed by atoms with van der Waals surface area (Å²) in [5.74, 6) is -0.151. The second kappa shape index (κ2) is 39.1. The summed E-state index contributed by atoms with van der Waals surface area (Å²) in [5, 5.41) is 3.02. The minimum Gasteiger partial charge on any atom is -0.463 e. The summed E-state index contributed by atoms with van der Waals surface area (Å²) >= 11 is 0. The van der Waals surface area contributed by atoms with Crippen molar-refractivity contribution in [3.05, 3.63) is 0 Å². The highest BCUT2D eigenvalue weighted by molar-refractivity contribution is 5.69. The van der Waals surface area contributed by atoms with E-state index in [9.17, 15) is 4.79 Å². The van der Waals surface area contributed by atoms with Gasteiger partial charge >= 0.3 is 5.97 Å². The van der Waals surface area contributed by atoms with Crippen molar-refractivity contribution in [2.45, 2.75) is 39.0 Å². The summed E-state index contributed by atoms with van der Waals surface area (Å²) in [6, 6.07) is 0. The molecule has 0 aliphatic heterocycles. The first-order valence-electron chi connectivity index (χ1n) is 15.9. The van der Waals surface area contributed by atoms with Crippen LogP contribution in [-0.4, -0.2) is 158 Å². The highest BCUT2D eigenvalue weighted by Crippen LogP contribution is 2.03. The van der Waals surface area contributed by atoms with Gasteiger partial charge in [0.2, 0.25) is 0 Å². The van der Waals surface area contributed by atoms with Gasteiger partial charge in [-0.25, -0.2) is 0 Å². The van der Waals surface area contributed by atoms with Crippen LogP contribution in [0.25, 0.3) is 0 Å². The van der Waals surface area contributed by atoms with Crippen molar-refractivity contribution in [2.24, 2.45) is 0 Å². The molecule has 1 N–H and O–H groups in total. The van der Waals surface area contributed by atoms with Crippen molar-refractivity contribution in [2.75, 3.05) is 152 Å². The Balaban J connectivity index is 3.07. The molecule has 0 fully saturated rings. The summed E-state index contributed by atoms with van der Waals surface area (Å²) in [7, 11) is 1.89. The largest absolute Gasteiger partial charge is 0.463 e. The van der Waals surface area contributed by atoms with Crippen molar-refractivity contribution < 1.29 is 56.9 Å². The summed E-state index contributed by atoms with van der Waals surface area (Å²) in [5.41, 5.74) is 0. The Morgan fingerprint density at radius 2 is 0.721 bits per heavy atom. The Labute approximate surface area is 259 Å². The molecule has 43 heavy (non-hydrogen) atoms. The zero-order valence-electron chi connectivity index (χ0n) is 27.0. The van der Waals surface area contributed by atoms with Crippen LogP contribution in [0.15, 0.2) is 0 Å². The Morgan fingerprint density at radius 3 is 1.02 bits per heavy atom. The van der Waals surface area contributed by atoms with Gasteiger partial charge in [-0.3, -0.25) is 4.79 Å². The first kappa shape index (κ1) is 42.0. The Kier molecular flexibility index (Phi) is 38.2. The lowest BCUT2D eigenvalue weighted by molar-refractivity contribution is -0.145. The van der Waals surface area contributed by atoms with Crippen molar-refractivity contribution in [3.63, 3.8) is 0 Å². The van der Waals surface area contributed by atoms with E-state index < -0.39 is 0 Å². The maximum absolute atomic E-state index is 11.5. The molecule has 0 aliphatic rings. The van der Waals surface area contributed by atoms with Gasteiger partial charge in [-0.15, -0.1) is 0 Å². The van der Waals surface area contributed by atoms with Gasteiger partial charge in [0.1, 0.15) is 6.61 Å². The van der Waals surface area contributed by atoms with Gasteiger partial charge in [-0.05, 0) is 13.5 Å². The molecule has 0 spiro atoms. The molecule has 0 unspecified atom stereocenters. The fourth-order valence-corrected chi connectivity index (χ4v) is 3.24. The van der Waals surface area contributed by atoms with Crippen LogP contribution in [0.3, 0.4) is 0 Å². The summed E-state index contributed by atoms with van der Waals surface area (Å²) in [6.07, 6.45) is 4.77. The molecule has 0 aromatic rings. The first-order valence-corrected chi connectivity index (χ1v) is 15.9. The minimum atomic E-state index is -0.151. The molecule has 258 valence electrons. The molecular weight excluding hydrogens is 566 g/mol. The van der Waals surface area contributed by atoms with E-state index in [1.54, 1.807) is 0 Å². The monoisotopic (exact) mass is 627 g/mol. The van der Waals surface area contributed by atoms with Crippen LogP contribution in [-0.2, 0) is 56.9 Å². The predicted molar refractivity (Wildman–Crippen MR) is 162 cm³/mol. The summed E-state index contributed by atoms with van der Waals surface area (Å²) < 4.78 is 59.5. The van der Waals surface area contributed by atoms with E-state index >= 15 is 0 Å². The van der Waals surface area contributed by atoms with Gasteiger partial charge in [0.05, 0.1) is 132 Å². The molecule has 13 heteroatoms. The van der Waals surface area contributed by atoms with Crippen molar-refractivity contribution in [3.8, 4) is 0 Å². The van der Waals surface area contributed by atoms with Crippen LogP contribution < -0.4 is 5.32 Å². The standard InChI is InChI=1S/C30H61NO12/c1-3-4-5-6-7-30(32)43-29-28-42-27-26-41-25-24-40-23-22-39-21-20-38-19-18-37-17-16-36-15-14-35-13-12-34-11-10-33-9-8-31-2/h31H,3-29H2,1-2H3. The SMILES string of the molecule is CCCCCCC(=O)OCCOCCOCCOCCOCCOCCOCCOCCOCCOCCOCCNC. The molecular formula is C30H61NO12. The van der Waals surface area contributed by atoms with Gasteiger partial charge in [-0.2, -0.15) is 0 Å². The zero-order chi connectivity index (χ0) is 31.2. The van der Waals surface area contributed by atoms with Gasteiger partial charge in [0.15, 0.2) is 0 Å². The second-order valence-corrected chi connectivity index (χ2v) is 9.26. The van der Waals surface area contributed by atoms with Crippen LogP contribution in [0.4, 0.5) is 0 Å². The molecule has 0 heterocycles. The van der Waals surface area contributed by atoms with Crippen LogP contribution in [0.2, 0.25) is 0 Å². The van der Waals surface area contributed by atoms with E-state index in [2.05, 4.69) is 12.2 Å². The first-order chi connectivity index (χ1) is 21.3. The maximum Gasteiger partial charge on any atom is 0.305 e. The van der Waals surface area contributed by atoms with E-state index in [0.717, 1.165) is 32.2 Å². The van der Waals surface area contributed by atoms with Gasteiger partial charge in [-0.1, -0.05) is 26.2 Å². The van der Waals surface area contributed by atoms with E-state index in [1.807, 2.05) is 7.05 Å². The van der Waals surface area contributed by atoms with Crippen molar-refractivity contribution in [1.82, 2.24) is 5.32 Å². The van der Waals surface area contributed by atoms with Crippen molar-refractivity contribution >= 4 is 5.97 Å². The van der Waals surface area contributed by atoms with Crippen molar-refractivity contribution in [1.29, 1.82) is 0 Å². The number of rotatable bonds is 38. The average molecular weight is 628 g/mol. The number of hydrogen-bond acceptors (Lipinski definition) is 13. The Bertz CT molecular complexity index is 533. The molecule has 0 radical (unpaired) electrons. The van der Waals surface area contributed by atoms with Crippen LogP contribution in [0, 0.1) is 0 Å². The third-order valence-corrected chi connectivity index (χ3v) is 5.57. The number of ether oxygens (including phenoxy) is 11.